The molecule has 0 saturated carbocycles. The molecule has 1 aromatic carbocycles. The number of nitrogens with one attached hydrogen (secondary N) is 1. The molecule has 1 fully saturated rings. The fraction of sp³-hybridized carbons (Fsp3) is 0.429. The van der Waals surface area contributed by atoms with Crippen molar-refractivity contribution in [2.75, 3.05) is 6.54 Å². The molecular formula is C14H16FNO3. The Morgan fingerprint density at radius 3 is 2.89 bits per heavy atom. The zero-order valence-corrected chi connectivity index (χ0v) is 10.7. The van der Waals surface area contributed by atoms with Gasteiger partial charge in [0, 0.05) is 12.1 Å². The molecule has 19 heavy (non-hydrogen) atoms. The predicted molar refractivity (Wildman–Crippen MR) is 67.7 cm³/mol. The minimum Gasteiger partial charge on any atom is -0.478 e. The average Bonchev–Trinajstić information content (AvgIpc) is 2.57. The third-order valence-corrected chi connectivity index (χ3v) is 3.09. The number of halogens is 1. The van der Waals surface area contributed by atoms with E-state index in [-0.39, 0.29) is 23.0 Å². The van der Waals surface area contributed by atoms with Crippen molar-refractivity contribution in [1.29, 1.82) is 0 Å². The number of ether oxygens (including phenoxy) is 1. The van der Waals surface area contributed by atoms with Gasteiger partial charge in [-0.25, -0.2) is 4.39 Å². The molecule has 0 spiro atoms. The van der Waals surface area contributed by atoms with Crippen molar-refractivity contribution < 1.29 is 18.7 Å². The van der Waals surface area contributed by atoms with Crippen molar-refractivity contribution in [3.8, 4) is 5.75 Å². The normalized spacial score (nSPS) is 19.5. The highest BCUT2D eigenvalue weighted by molar-refractivity contribution is 5.94. The van der Waals surface area contributed by atoms with Crippen LogP contribution in [-0.2, 0) is 4.79 Å². The van der Waals surface area contributed by atoms with E-state index < -0.39 is 11.9 Å². The van der Waals surface area contributed by atoms with E-state index in [9.17, 15) is 14.0 Å². The van der Waals surface area contributed by atoms with E-state index in [2.05, 4.69) is 5.32 Å². The first kappa shape index (κ1) is 13.5. The van der Waals surface area contributed by atoms with Gasteiger partial charge in [-0.1, -0.05) is 0 Å². The van der Waals surface area contributed by atoms with Crippen LogP contribution in [0.1, 0.15) is 36.5 Å². The summed E-state index contributed by atoms with van der Waals surface area (Å²) in [5, 5.41) is 2.72. The third kappa shape index (κ3) is 3.30. The Morgan fingerprint density at radius 1 is 1.42 bits per heavy atom. The largest absolute Gasteiger partial charge is 0.478 e. The highest BCUT2D eigenvalue weighted by atomic mass is 19.1. The highest BCUT2D eigenvalue weighted by Crippen LogP contribution is 2.22. The molecule has 0 radical (unpaired) electrons. The van der Waals surface area contributed by atoms with Gasteiger partial charge in [0.1, 0.15) is 0 Å². The first-order chi connectivity index (χ1) is 9.08. The van der Waals surface area contributed by atoms with E-state index in [1.54, 1.807) is 0 Å². The monoisotopic (exact) mass is 265 g/mol. The van der Waals surface area contributed by atoms with Gasteiger partial charge in [-0.15, -0.1) is 0 Å². The lowest BCUT2D eigenvalue weighted by Crippen LogP contribution is -2.36. The Labute approximate surface area is 110 Å². The van der Waals surface area contributed by atoms with Gasteiger partial charge < -0.3 is 10.1 Å². The summed E-state index contributed by atoms with van der Waals surface area (Å²) in [5.41, 5.74) is 0.287. The molecule has 1 aliphatic rings. The fourth-order valence-corrected chi connectivity index (χ4v) is 1.99. The highest BCUT2D eigenvalue weighted by Gasteiger charge is 2.23. The van der Waals surface area contributed by atoms with Gasteiger partial charge in [0.25, 0.3) is 5.91 Å². The van der Waals surface area contributed by atoms with Crippen molar-refractivity contribution in [3.63, 3.8) is 0 Å². The number of Topliss-reactive ketones (excluding diaryl/α,β-unsaturated/α-hetero) is 1. The maximum absolute atomic E-state index is 13.8. The van der Waals surface area contributed by atoms with E-state index >= 15 is 0 Å². The van der Waals surface area contributed by atoms with Crippen LogP contribution in [0.15, 0.2) is 18.2 Å². The van der Waals surface area contributed by atoms with Gasteiger partial charge >= 0.3 is 0 Å². The number of hydrogen-bond acceptors (Lipinski definition) is 3. The molecule has 1 atom stereocenters. The first-order valence-corrected chi connectivity index (χ1v) is 6.33. The molecule has 1 aromatic rings. The van der Waals surface area contributed by atoms with Gasteiger partial charge in [0.05, 0.1) is 0 Å². The lowest BCUT2D eigenvalue weighted by molar-refractivity contribution is -0.127. The topological polar surface area (TPSA) is 55.4 Å². The quantitative estimate of drug-likeness (QED) is 0.851. The smallest absolute Gasteiger partial charge is 0.261 e. The Bertz CT molecular complexity index is 501. The molecule has 2 rings (SSSR count). The zero-order chi connectivity index (χ0) is 13.8. The van der Waals surface area contributed by atoms with Crippen LogP contribution in [0.3, 0.4) is 0 Å². The van der Waals surface area contributed by atoms with Crippen molar-refractivity contribution in [2.24, 2.45) is 0 Å². The third-order valence-electron chi connectivity index (χ3n) is 3.09. The molecule has 1 N–H and O–H groups in total. The number of amides is 1. The van der Waals surface area contributed by atoms with Gasteiger partial charge in [0.2, 0.25) is 0 Å². The second kappa shape index (κ2) is 5.82. The van der Waals surface area contributed by atoms with E-state index in [0.29, 0.717) is 13.0 Å². The summed E-state index contributed by atoms with van der Waals surface area (Å²) in [6, 6.07) is 4.02. The van der Waals surface area contributed by atoms with Crippen molar-refractivity contribution >= 4 is 11.7 Å². The summed E-state index contributed by atoms with van der Waals surface area (Å²) in [4.78, 5) is 22.8. The first-order valence-electron chi connectivity index (χ1n) is 6.33. The lowest BCUT2D eigenvalue weighted by atomic mass is 10.1. The minimum absolute atomic E-state index is 0.00653. The van der Waals surface area contributed by atoms with Crippen molar-refractivity contribution in [2.45, 2.75) is 32.3 Å². The zero-order valence-electron chi connectivity index (χ0n) is 10.7. The number of benzene rings is 1. The minimum atomic E-state index is -0.667. The maximum Gasteiger partial charge on any atom is 0.261 e. The molecule has 0 bridgehead atoms. The number of hydrogen-bond donors (Lipinski definition) is 1. The van der Waals surface area contributed by atoms with Gasteiger partial charge in [-0.2, -0.15) is 0 Å². The van der Waals surface area contributed by atoms with Gasteiger partial charge in [-0.3, -0.25) is 9.59 Å². The van der Waals surface area contributed by atoms with Crippen LogP contribution in [0.4, 0.5) is 4.39 Å². The molecule has 1 heterocycles. The molecule has 5 heteroatoms. The molecule has 102 valence electrons. The Kier molecular flexibility index (Phi) is 4.14. The average molecular weight is 265 g/mol. The van der Waals surface area contributed by atoms with Crippen molar-refractivity contribution in [1.82, 2.24) is 5.32 Å². The SMILES string of the molecule is CC(=O)c1ccc(OC2CCCCNC2=O)c(F)c1. The van der Waals surface area contributed by atoms with Crippen LogP contribution in [-0.4, -0.2) is 24.3 Å². The van der Waals surface area contributed by atoms with Crippen LogP contribution in [0.2, 0.25) is 0 Å². The lowest BCUT2D eigenvalue weighted by Gasteiger charge is -2.16. The summed E-state index contributed by atoms with van der Waals surface area (Å²) >= 11 is 0. The second-order valence-electron chi connectivity index (χ2n) is 4.59. The summed E-state index contributed by atoms with van der Waals surface area (Å²) in [6.07, 6.45) is 1.66. The van der Waals surface area contributed by atoms with Crippen LogP contribution in [0.25, 0.3) is 0 Å². The summed E-state index contributed by atoms with van der Waals surface area (Å²) in [5.74, 6) is -1.04. The van der Waals surface area contributed by atoms with E-state index in [1.807, 2.05) is 0 Å². The van der Waals surface area contributed by atoms with Crippen LogP contribution >= 0.6 is 0 Å². The summed E-state index contributed by atoms with van der Waals surface area (Å²) in [6.45, 7) is 2.00. The molecule has 0 aromatic heterocycles. The Morgan fingerprint density at radius 2 is 2.21 bits per heavy atom. The van der Waals surface area contributed by atoms with E-state index in [4.69, 9.17) is 4.74 Å². The predicted octanol–water partition coefficient (Wildman–Crippen LogP) is 2.08. The Hall–Kier alpha value is -1.91. The molecule has 1 unspecified atom stereocenters. The number of ketones is 1. The number of carbonyl (C=O) groups is 2. The fourth-order valence-electron chi connectivity index (χ4n) is 1.99. The molecule has 1 amide bonds. The molecule has 4 nitrogen and oxygen atoms in total. The molecule has 1 aliphatic heterocycles. The van der Waals surface area contributed by atoms with Gasteiger partial charge in [0.15, 0.2) is 23.5 Å². The van der Waals surface area contributed by atoms with Crippen LogP contribution in [0, 0.1) is 5.82 Å². The maximum atomic E-state index is 13.8. The van der Waals surface area contributed by atoms with E-state index in [0.717, 1.165) is 18.9 Å². The van der Waals surface area contributed by atoms with Gasteiger partial charge in [-0.05, 0) is 44.4 Å². The second-order valence-corrected chi connectivity index (χ2v) is 4.59. The Balaban J connectivity index is 2.14. The van der Waals surface area contributed by atoms with Crippen LogP contribution in [0.5, 0.6) is 5.75 Å². The van der Waals surface area contributed by atoms with Crippen LogP contribution < -0.4 is 10.1 Å². The molecule has 0 aliphatic carbocycles. The molecular weight excluding hydrogens is 249 g/mol. The van der Waals surface area contributed by atoms with Crippen molar-refractivity contribution in [3.05, 3.63) is 29.6 Å². The number of carbonyl (C=O) groups excluding carboxylic acids is 2. The van der Waals surface area contributed by atoms with E-state index in [1.165, 1.54) is 19.1 Å². The summed E-state index contributed by atoms with van der Waals surface area (Å²) in [7, 11) is 0. The summed E-state index contributed by atoms with van der Waals surface area (Å²) < 4.78 is 19.2. The number of rotatable bonds is 3. The molecule has 1 saturated heterocycles. The standard InChI is InChI=1S/C14H16FNO3/c1-9(17)10-5-6-12(11(15)8-10)19-13-4-2-3-7-16-14(13)18/h5-6,8,13H,2-4,7H2,1H3,(H,16,18).